The fourth-order valence-electron chi connectivity index (χ4n) is 2.97. The highest BCUT2D eigenvalue weighted by atomic mass is 16.5. The zero-order valence-corrected chi connectivity index (χ0v) is 14.0. The number of ether oxygens (including phenoxy) is 1. The van der Waals surface area contributed by atoms with Crippen molar-refractivity contribution in [2.75, 3.05) is 31.7 Å². The second kappa shape index (κ2) is 7.93. The van der Waals surface area contributed by atoms with Crippen LogP contribution in [0.3, 0.4) is 0 Å². The van der Waals surface area contributed by atoms with Gasteiger partial charge in [-0.25, -0.2) is 0 Å². The Morgan fingerprint density at radius 3 is 2.96 bits per heavy atom. The Morgan fingerprint density at radius 2 is 2.17 bits per heavy atom. The molecule has 24 heavy (non-hydrogen) atoms. The third kappa shape index (κ3) is 3.92. The highest BCUT2D eigenvalue weighted by Gasteiger charge is 2.20. The predicted molar refractivity (Wildman–Crippen MR) is 94.3 cm³/mol. The number of hydrogen-bond acceptors (Lipinski definition) is 4. The third-order valence-electron chi connectivity index (χ3n) is 4.20. The van der Waals surface area contributed by atoms with Crippen LogP contribution in [0.15, 0.2) is 42.6 Å². The monoisotopic (exact) mass is 325 g/mol. The van der Waals surface area contributed by atoms with Gasteiger partial charge >= 0.3 is 0 Å². The molecular formula is C19H23N3O2. The van der Waals surface area contributed by atoms with Crippen molar-refractivity contribution >= 4 is 11.6 Å². The molecule has 5 nitrogen and oxygen atoms in total. The lowest BCUT2D eigenvalue weighted by Gasteiger charge is -2.31. The number of benzene rings is 1. The molecule has 5 heteroatoms. The maximum Gasteiger partial charge on any atom is 0.253 e. The molecule has 1 amide bonds. The van der Waals surface area contributed by atoms with Gasteiger partial charge in [0, 0.05) is 32.9 Å². The molecule has 1 N–H and O–H groups in total. The van der Waals surface area contributed by atoms with E-state index < -0.39 is 0 Å². The first-order chi connectivity index (χ1) is 11.8. The summed E-state index contributed by atoms with van der Waals surface area (Å²) in [5.74, 6) is -0.104. The van der Waals surface area contributed by atoms with E-state index in [0.717, 1.165) is 37.3 Å². The summed E-state index contributed by atoms with van der Waals surface area (Å²) in [5.41, 5.74) is 4.01. The zero-order valence-electron chi connectivity index (χ0n) is 14.0. The average Bonchev–Trinajstić information content (AvgIpc) is 2.62. The summed E-state index contributed by atoms with van der Waals surface area (Å²) in [4.78, 5) is 19.1. The van der Waals surface area contributed by atoms with Gasteiger partial charge in [0.25, 0.3) is 5.91 Å². The highest BCUT2D eigenvalue weighted by Crippen LogP contribution is 2.27. The molecule has 1 aliphatic rings. The Labute approximate surface area is 142 Å². The van der Waals surface area contributed by atoms with E-state index in [1.165, 1.54) is 5.56 Å². The number of pyridine rings is 1. The molecule has 1 aromatic heterocycles. The summed E-state index contributed by atoms with van der Waals surface area (Å²) in [6, 6.07) is 12.4. The zero-order chi connectivity index (χ0) is 16.8. The molecule has 3 rings (SSSR count). The maximum absolute atomic E-state index is 12.2. The van der Waals surface area contributed by atoms with Gasteiger partial charge in [-0.1, -0.05) is 30.3 Å². The van der Waals surface area contributed by atoms with Crippen LogP contribution in [0.4, 0.5) is 5.69 Å². The van der Waals surface area contributed by atoms with Gasteiger partial charge in [-0.15, -0.1) is 0 Å². The Morgan fingerprint density at radius 1 is 1.33 bits per heavy atom. The number of carbonyl (C=O) groups is 1. The van der Waals surface area contributed by atoms with Crippen molar-refractivity contribution in [1.29, 1.82) is 0 Å². The van der Waals surface area contributed by atoms with Crippen LogP contribution >= 0.6 is 0 Å². The topological polar surface area (TPSA) is 54.5 Å². The molecule has 0 atom stereocenters. The molecule has 0 aliphatic carbocycles. The number of anilines is 1. The number of rotatable bonds is 6. The van der Waals surface area contributed by atoms with Gasteiger partial charge in [0.05, 0.1) is 23.6 Å². The first-order valence-electron chi connectivity index (χ1n) is 8.33. The molecule has 1 aromatic carbocycles. The van der Waals surface area contributed by atoms with Crippen LogP contribution in [0.25, 0.3) is 0 Å². The van der Waals surface area contributed by atoms with Crippen LogP contribution in [-0.2, 0) is 17.7 Å². The molecule has 0 saturated heterocycles. The summed E-state index contributed by atoms with van der Waals surface area (Å²) in [6.07, 6.45) is 3.73. The van der Waals surface area contributed by atoms with Crippen molar-refractivity contribution in [2.24, 2.45) is 0 Å². The molecule has 0 spiro atoms. The van der Waals surface area contributed by atoms with Gasteiger partial charge in [-0.05, 0) is 24.5 Å². The fraction of sp³-hybridized carbons (Fsp3) is 0.368. The molecule has 126 valence electrons. The summed E-state index contributed by atoms with van der Waals surface area (Å²) in [5, 5.41) is 2.85. The van der Waals surface area contributed by atoms with E-state index in [-0.39, 0.29) is 5.91 Å². The van der Waals surface area contributed by atoms with Crippen LogP contribution < -0.4 is 10.2 Å². The van der Waals surface area contributed by atoms with E-state index in [1.54, 1.807) is 13.3 Å². The average molecular weight is 325 g/mol. The van der Waals surface area contributed by atoms with Crippen molar-refractivity contribution in [2.45, 2.75) is 19.4 Å². The van der Waals surface area contributed by atoms with Crippen LogP contribution in [0.5, 0.6) is 0 Å². The van der Waals surface area contributed by atoms with Gasteiger partial charge in [0.1, 0.15) is 0 Å². The quantitative estimate of drug-likeness (QED) is 0.829. The van der Waals surface area contributed by atoms with Crippen molar-refractivity contribution in [3.8, 4) is 0 Å². The summed E-state index contributed by atoms with van der Waals surface area (Å²) in [6.45, 7) is 2.83. The van der Waals surface area contributed by atoms with Crippen molar-refractivity contribution in [3.63, 3.8) is 0 Å². The van der Waals surface area contributed by atoms with Gasteiger partial charge < -0.3 is 15.0 Å². The first-order valence-corrected chi connectivity index (χ1v) is 8.33. The second-order valence-corrected chi connectivity index (χ2v) is 5.95. The summed E-state index contributed by atoms with van der Waals surface area (Å²) in [7, 11) is 1.62. The van der Waals surface area contributed by atoms with Crippen LogP contribution in [0, 0.1) is 0 Å². The normalized spacial score (nSPS) is 13.5. The van der Waals surface area contributed by atoms with Crippen molar-refractivity contribution in [1.82, 2.24) is 10.3 Å². The maximum atomic E-state index is 12.2. The van der Waals surface area contributed by atoms with E-state index >= 15 is 0 Å². The van der Waals surface area contributed by atoms with Crippen LogP contribution in [0.1, 0.15) is 28.0 Å². The number of fused-ring (bicyclic) bond motifs is 1. The van der Waals surface area contributed by atoms with E-state index in [9.17, 15) is 4.79 Å². The SMILES string of the molecule is COCCNC(=O)c1cnc2c(c1)N(Cc1ccccc1)CCC2. The molecule has 2 heterocycles. The fourth-order valence-corrected chi connectivity index (χ4v) is 2.97. The Kier molecular flexibility index (Phi) is 5.43. The summed E-state index contributed by atoms with van der Waals surface area (Å²) >= 11 is 0. The Balaban J connectivity index is 1.78. The molecule has 2 aromatic rings. The van der Waals surface area contributed by atoms with E-state index in [0.29, 0.717) is 18.7 Å². The van der Waals surface area contributed by atoms with Gasteiger partial charge in [0.2, 0.25) is 0 Å². The van der Waals surface area contributed by atoms with Gasteiger partial charge in [-0.3, -0.25) is 9.78 Å². The summed E-state index contributed by atoms with van der Waals surface area (Å²) < 4.78 is 4.96. The third-order valence-corrected chi connectivity index (χ3v) is 4.20. The molecule has 0 fully saturated rings. The minimum atomic E-state index is -0.104. The van der Waals surface area contributed by atoms with E-state index in [4.69, 9.17) is 4.74 Å². The van der Waals surface area contributed by atoms with Gasteiger partial charge in [0.15, 0.2) is 0 Å². The standard InChI is InChI=1S/C19H23N3O2/c1-24-11-9-20-19(23)16-12-18-17(21-13-16)8-5-10-22(18)14-15-6-3-2-4-7-15/h2-4,6-7,12-13H,5,8-11,14H2,1H3,(H,20,23). The Hall–Kier alpha value is -2.40. The van der Waals surface area contributed by atoms with E-state index in [2.05, 4.69) is 39.5 Å². The molecular weight excluding hydrogens is 302 g/mol. The molecule has 0 saturated carbocycles. The van der Waals surface area contributed by atoms with Crippen molar-refractivity contribution < 1.29 is 9.53 Å². The predicted octanol–water partition coefficient (Wildman–Crippen LogP) is 2.41. The van der Waals surface area contributed by atoms with E-state index in [1.807, 2.05) is 12.1 Å². The van der Waals surface area contributed by atoms with Crippen molar-refractivity contribution in [3.05, 3.63) is 59.4 Å². The van der Waals surface area contributed by atoms with Crippen LogP contribution in [-0.4, -0.2) is 37.7 Å². The smallest absolute Gasteiger partial charge is 0.253 e. The number of methoxy groups -OCH3 is 1. The first kappa shape index (κ1) is 16.5. The number of carbonyl (C=O) groups excluding carboxylic acids is 1. The Bertz CT molecular complexity index is 688. The molecule has 0 unspecified atom stereocenters. The molecule has 1 aliphatic heterocycles. The van der Waals surface area contributed by atoms with Gasteiger partial charge in [-0.2, -0.15) is 0 Å². The minimum absolute atomic E-state index is 0.104. The number of aryl methyl sites for hydroxylation is 1. The lowest BCUT2D eigenvalue weighted by molar-refractivity contribution is 0.0936. The molecule has 0 bridgehead atoms. The van der Waals surface area contributed by atoms with Crippen LogP contribution in [0.2, 0.25) is 0 Å². The number of nitrogens with one attached hydrogen (secondary N) is 1. The number of hydrogen-bond donors (Lipinski definition) is 1. The number of aromatic nitrogens is 1. The minimum Gasteiger partial charge on any atom is -0.383 e. The number of nitrogens with zero attached hydrogens (tertiary/aromatic N) is 2. The molecule has 0 radical (unpaired) electrons. The number of amides is 1. The second-order valence-electron chi connectivity index (χ2n) is 5.95. The lowest BCUT2D eigenvalue weighted by Crippen LogP contribution is -2.31. The highest BCUT2D eigenvalue weighted by molar-refractivity contribution is 5.95. The lowest BCUT2D eigenvalue weighted by atomic mass is 10.0. The largest absolute Gasteiger partial charge is 0.383 e.